The lowest BCUT2D eigenvalue weighted by Crippen LogP contribution is -2.42. The molecule has 0 fully saturated rings. The van der Waals surface area contributed by atoms with Crippen LogP contribution in [0.5, 0.6) is 5.75 Å². The van der Waals surface area contributed by atoms with Gasteiger partial charge in [0.2, 0.25) is 0 Å². The molecule has 0 spiro atoms. The average molecular weight is 363 g/mol. The summed E-state index contributed by atoms with van der Waals surface area (Å²) in [6, 6.07) is 6.23. The van der Waals surface area contributed by atoms with Crippen LogP contribution in [-0.2, 0) is 9.53 Å². The van der Waals surface area contributed by atoms with Crippen molar-refractivity contribution in [2.75, 3.05) is 7.11 Å². The summed E-state index contributed by atoms with van der Waals surface area (Å²) >= 11 is 1.15. The lowest BCUT2D eigenvalue weighted by molar-refractivity contribution is -0.127. The third-order valence-corrected chi connectivity index (χ3v) is 4.40. The number of aryl methyl sites for hydroxylation is 1. The Labute approximate surface area is 148 Å². The fourth-order valence-electron chi connectivity index (χ4n) is 1.93. The first-order chi connectivity index (χ1) is 11.8. The number of hydrogen-bond acceptors (Lipinski definition) is 7. The maximum atomic E-state index is 12.2. The standard InChI is InChI=1S/C16H17N3O5S/c1-8-12(15(21)24-9(2)13(20)19-16(17)22)25-14(18-8)10-4-6-11(23-3)7-5-10/h4-7,9H,1-3H3,(H3,17,19,20,22)/t9-/m0/s1. The molecule has 1 atom stereocenters. The van der Waals surface area contributed by atoms with Gasteiger partial charge in [-0.15, -0.1) is 11.3 Å². The number of nitrogens with one attached hydrogen (secondary N) is 1. The van der Waals surface area contributed by atoms with E-state index in [1.807, 2.05) is 17.4 Å². The number of ether oxygens (including phenoxy) is 2. The summed E-state index contributed by atoms with van der Waals surface area (Å²) in [5, 5.41) is 2.49. The molecule has 1 heterocycles. The summed E-state index contributed by atoms with van der Waals surface area (Å²) in [4.78, 5) is 39.1. The molecule has 2 aromatic rings. The van der Waals surface area contributed by atoms with Crippen molar-refractivity contribution in [3.8, 4) is 16.3 Å². The molecule has 0 aliphatic heterocycles. The molecular formula is C16H17N3O5S. The number of urea groups is 1. The predicted octanol–water partition coefficient (Wildman–Crippen LogP) is 1.87. The molecule has 1 aromatic carbocycles. The fourth-order valence-corrected chi connectivity index (χ4v) is 2.89. The van der Waals surface area contributed by atoms with Gasteiger partial charge in [-0.05, 0) is 38.1 Å². The number of primary amides is 1. The first-order valence-electron chi connectivity index (χ1n) is 7.25. The van der Waals surface area contributed by atoms with Crippen molar-refractivity contribution in [3.05, 3.63) is 34.8 Å². The van der Waals surface area contributed by atoms with Crippen LogP contribution in [0.4, 0.5) is 4.79 Å². The number of imide groups is 1. The van der Waals surface area contributed by atoms with Gasteiger partial charge in [0, 0.05) is 5.56 Å². The van der Waals surface area contributed by atoms with E-state index in [4.69, 9.17) is 15.2 Å². The summed E-state index contributed by atoms with van der Waals surface area (Å²) < 4.78 is 10.2. The molecule has 3 amide bonds. The molecule has 25 heavy (non-hydrogen) atoms. The summed E-state index contributed by atoms with van der Waals surface area (Å²) in [6.07, 6.45) is -1.16. The van der Waals surface area contributed by atoms with Crippen molar-refractivity contribution < 1.29 is 23.9 Å². The summed E-state index contributed by atoms with van der Waals surface area (Å²) in [6.45, 7) is 3.02. The molecule has 8 nitrogen and oxygen atoms in total. The molecule has 0 radical (unpaired) electrons. The number of esters is 1. The van der Waals surface area contributed by atoms with E-state index in [2.05, 4.69) is 4.98 Å². The maximum absolute atomic E-state index is 12.2. The number of benzene rings is 1. The van der Waals surface area contributed by atoms with Gasteiger partial charge in [-0.3, -0.25) is 10.1 Å². The highest BCUT2D eigenvalue weighted by Crippen LogP contribution is 2.29. The monoisotopic (exact) mass is 363 g/mol. The van der Waals surface area contributed by atoms with E-state index < -0.39 is 24.0 Å². The smallest absolute Gasteiger partial charge is 0.351 e. The van der Waals surface area contributed by atoms with Crippen molar-refractivity contribution in [2.24, 2.45) is 5.73 Å². The Kier molecular flexibility index (Phi) is 5.71. The summed E-state index contributed by atoms with van der Waals surface area (Å²) in [5.41, 5.74) is 6.17. The quantitative estimate of drug-likeness (QED) is 0.782. The fraction of sp³-hybridized carbons (Fsp3) is 0.250. The summed E-state index contributed by atoms with van der Waals surface area (Å²) in [5.74, 6) is -0.772. The van der Waals surface area contributed by atoms with E-state index in [1.54, 1.807) is 26.2 Å². The molecule has 0 saturated heterocycles. The Balaban J connectivity index is 2.14. The van der Waals surface area contributed by atoms with Gasteiger partial charge in [-0.2, -0.15) is 0 Å². The van der Waals surface area contributed by atoms with Crippen molar-refractivity contribution in [3.63, 3.8) is 0 Å². The van der Waals surface area contributed by atoms with Gasteiger partial charge >= 0.3 is 12.0 Å². The largest absolute Gasteiger partial charge is 0.497 e. The first-order valence-corrected chi connectivity index (χ1v) is 8.06. The number of rotatable bonds is 5. The van der Waals surface area contributed by atoms with Crippen LogP contribution in [-0.4, -0.2) is 36.1 Å². The molecule has 0 aliphatic carbocycles. The van der Waals surface area contributed by atoms with Gasteiger partial charge in [0.1, 0.15) is 15.6 Å². The van der Waals surface area contributed by atoms with E-state index in [-0.39, 0.29) is 4.88 Å². The lowest BCUT2D eigenvalue weighted by atomic mass is 10.2. The van der Waals surface area contributed by atoms with Gasteiger partial charge in [0.25, 0.3) is 5.91 Å². The molecule has 3 N–H and O–H groups in total. The van der Waals surface area contributed by atoms with Crippen LogP contribution in [0.15, 0.2) is 24.3 Å². The van der Waals surface area contributed by atoms with Crippen LogP contribution in [0.3, 0.4) is 0 Å². The number of aromatic nitrogens is 1. The Bertz CT molecular complexity index is 801. The Morgan fingerprint density at radius 2 is 1.88 bits per heavy atom. The van der Waals surface area contributed by atoms with Crippen LogP contribution in [0.1, 0.15) is 22.3 Å². The van der Waals surface area contributed by atoms with Gasteiger partial charge in [0.15, 0.2) is 6.10 Å². The van der Waals surface area contributed by atoms with Gasteiger partial charge < -0.3 is 15.2 Å². The van der Waals surface area contributed by atoms with Gasteiger partial charge in [0.05, 0.1) is 12.8 Å². The zero-order valence-electron chi connectivity index (χ0n) is 13.9. The highest BCUT2D eigenvalue weighted by Gasteiger charge is 2.23. The topological polar surface area (TPSA) is 121 Å². The number of methoxy groups -OCH3 is 1. The van der Waals surface area contributed by atoms with Gasteiger partial charge in [-0.25, -0.2) is 14.6 Å². The SMILES string of the molecule is COc1ccc(-c2nc(C)c(C(=O)O[C@@H](C)C(=O)NC(N)=O)s2)cc1. The number of carbonyl (C=O) groups excluding carboxylic acids is 3. The second kappa shape index (κ2) is 7.75. The van der Waals surface area contributed by atoms with Crippen LogP contribution in [0.25, 0.3) is 10.6 Å². The second-order valence-electron chi connectivity index (χ2n) is 5.06. The van der Waals surface area contributed by atoms with Crippen LogP contribution in [0, 0.1) is 6.92 Å². The number of hydrogen-bond donors (Lipinski definition) is 2. The molecule has 132 valence electrons. The molecule has 0 saturated carbocycles. The summed E-state index contributed by atoms with van der Waals surface area (Å²) in [7, 11) is 1.58. The van der Waals surface area contributed by atoms with Crippen molar-refractivity contribution >= 4 is 29.2 Å². The van der Waals surface area contributed by atoms with E-state index in [1.165, 1.54) is 6.92 Å². The minimum Gasteiger partial charge on any atom is -0.497 e. The third-order valence-electron chi connectivity index (χ3n) is 3.22. The Morgan fingerprint density at radius 1 is 1.24 bits per heavy atom. The zero-order valence-corrected chi connectivity index (χ0v) is 14.7. The third kappa shape index (κ3) is 4.54. The van der Waals surface area contributed by atoms with Crippen LogP contribution < -0.4 is 15.8 Å². The Hall–Kier alpha value is -2.94. The maximum Gasteiger partial charge on any atom is 0.351 e. The molecule has 9 heteroatoms. The van der Waals surface area contributed by atoms with Crippen molar-refractivity contribution in [1.29, 1.82) is 0 Å². The normalized spacial score (nSPS) is 11.5. The van der Waals surface area contributed by atoms with E-state index in [0.717, 1.165) is 16.9 Å². The molecule has 0 unspecified atom stereocenters. The molecule has 1 aromatic heterocycles. The average Bonchev–Trinajstić information content (AvgIpc) is 2.96. The van der Waals surface area contributed by atoms with Crippen LogP contribution >= 0.6 is 11.3 Å². The lowest BCUT2D eigenvalue weighted by Gasteiger charge is -2.11. The molecular weight excluding hydrogens is 346 g/mol. The minimum absolute atomic E-state index is 0.282. The molecule has 0 aliphatic rings. The Morgan fingerprint density at radius 3 is 2.44 bits per heavy atom. The second-order valence-corrected chi connectivity index (χ2v) is 6.06. The minimum atomic E-state index is -1.16. The number of nitrogens with two attached hydrogens (primary N) is 1. The van der Waals surface area contributed by atoms with E-state index in [0.29, 0.717) is 16.5 Å². The van der Waals surface area contributed by atoms with Crippen molar-refractivity contribution in [2.45, 2.75) is 20.0 Å². The van der Waals surface area contributed by atoms with Gasteiger partial charge in [-0.1, -0.05) is 0 Å². The first kappa shape index (κ1) is 18.4. The number of thiazole rings is 1. The predicted molar refractivity (Wildman–Crippen MR) is 91.4 cm³/mol. The van der Waals surface area contributed by atoms with Crippen molar-refractivity contribution in [1.82, 2.24) is 10.3 Å². The highest BCUT2D eigenvalue weighted by molar-refractivity contribution is 7.17. The highest BCUT2D eigenvalue weighted by atomic mass is 32.1. The van der Waals surface area contributed by atoms with E-state index >= 15 is 0 Å². The van der Waals surface area contributed by atoms with E-state index in [9.17, 15) is 14.4 Å². The number of amides is 3. The number of carbonyl (C=O) groups is 3. The molecule has 2 rings (SSSR count). The number of nitrogens with zero attached hydrogens (tertiary/aromatic N) is 1. The zero-order chi connectivity index (χ0) is 18.6. The molecule has 0 bridgehead atoms. The van der Waals surface area contributed by atoms with Crippen LogP contribution in [0.2, 0.25) is 0 Å².